The van der Waals surface area contributed by atoms with Crippen LogP contribution < -0.4 is 5.73 Å². The van der Waals surface area contributed by atoms with Crippen LogP contribution in [-0.4, -0.2) is 0 Å². The highest BCUT2D eigenvalue weighted by molar-refractivity contribution is 9.10. The van der Waals surface area contributed by atoms with Gasteiger partial charge in [0.25, 0.3) is 0 Å². The molecule has 0 aliphatic carbocycles. The van der Waals surface area contributed by atoms with Crippen LogP contribution in [0.15, 0.2) is 22.7 Å². The van der Waals surface area contributed by atoms with Gasteiger partial charge in [-0.25, -0.2) is 0 Å². The SMILES string of the molecule is NCc1ccc(Cl)cc1Br. The second-order valence-corrected chi connectivity index (χ2v) is 3.23. The molecule has 0 aliphatic rings. The molecule has 0 unspecified atom stereocenters. The third-order valence-electron chi connectivity index (χ3n) is 1.24. The molecule has 1 nitrogen and oxygen atoms in total. The van der Waals surface area contributed by atoms with E-state index in [2.05, 4.69) is 15.9 Å². The Morgan fingerprint density at radius 2 is 2.20 bits per heavy atom. The van der Waals surface area contributed by atoms with Crippen LogP contribution in [0.1, 0.15) is 5.56 Å². The summed E-state index contributed by atoms with van der Waals surface area (Å²) >= 11 is 9.05. The van der Waals surface area contributed by atoms with E-state index >= 15 is 0 Å². The molecular formula is C7H7BrClN. The summed E-state index contributed by atoms with van der Waals surface area (Å²) in [4.78, 5) is 0. The minimum absolute atomic E-state index is 0.539. The second kappa shape index (κ2) is 3.37. The molecule has 54 valence electrons. The Hall–Kier alpha value is -0.0500. The maximum Gasteiger partial charge on any atom is 0.0417 e. The van der Waals surface area contributed by atoms with Gasteiger partial charge in [-0.2, -0.15) is 0 Å². The van der Waals surface area contributed by atoms with E-state index in [1.54, 1.807) is 0 Å². The van der Waals surface area contributed by atoms with E-state index in [1.807, 2.05) is 18.2 Å². The number of halogens is 2. The van der Waals surface area contributed by atoms with Crippen LogP contribution in [0, 0.1) is 0 Å². The zero-order chi connectivity index (χ0) is 7.56. The molecule has 1 aromatic rings. The zero-order valence-electron chi connectivity index (χ0n) is 5.27. The summed E-state index contributed by atoms with van der Waals surface area (Å²) in [5.74, 6) is 0. The van der Waals surface area contributed by atoms with Gasteiger partial charge in [0.05, 0.1) is 0 Å². The smallest absolute Gasteiger partial charge is 0.0417 e. The molecule has 0 radical (unpaired) electrons. The van der Waals surface area contributed by atoms with Gasteiger partial charge in [0, 0.05) is 16.0 Å². The molecule has 0 aromatic heterocycles. The molecule has 0 saturated carbocycles. The van der Waals surface area contributed by atoms with Crippen LogP contribution >= 0.6 is 27.5 Å². The van der Waals surface area contributed by atoms with Crippen molar-refractivity contribution < 1.29 is 0 Å². The lowest BCUT2D eigenvalue weighted by Crippen LogP contribution is -1.96. The molecule has 2 N–H and O–H groups in total. The average Bonchev–Trinajstić information content (AvgIpc) is 1.88. The summed E-state index contributed by atoms with van der Waals surface area (Å²) in [5, 5.41) is 0.726. The van der Waals surface area contributed by atoms with Crippen molar-refractivity contribution in [3.05, 3.63) is 33.3 Å². The van der Waals surface area contributed by atoms with Crippen LogP contribution in [-0.2, 0) is 6.54 Å². The van der Waals surface area contributed by atoms with Crippen LogP contribution in [0.4, 0.5) is 0 Å². The largest absolute Gasteiger partial charge is 0.326 e. The van der Waals surface area contributed by atoms with E-state index in [4.69, 9.17) is 17.3 Å². The molecule has 1 rings (SSSR count). The standard InChI is InChI=1S/C7H7BrClN/c8-7-3-6(9)2-1-5(7)4-10/h1-3H,4,10H2. The topological polar surface area (TPSA) is 26.0 Å². The van der Waals surface area contributed by atoms with Crippen molar-refractivity contribution in [3.8, 4) is 0 Å². The molecule has 0 atom stereocenters. The van der Waals surface area contributed by atoms with Gasteiger partial charge >= 0.3 is 0 Å². The summed E-state index contributed by atoms with van der Waals surface area (Å²) < 4.78 is 0.975. The molecule has 0 bridgehead atoms. The van der Waals surface area contributed by atoms with E-state index in [1.165, 1.54) is 0 Å². The van der Waals surface area contributed by atoms with Crippen LogP contribution in [0.2, 0.25) is 5.02 Å². The summed E-state index contributed by atoms with van der Waals surface area (Å²) in [6, 6.07) is 5.57. The van der Waals surface area contributed by atoms with Gasteiger partial charge in [-0.3, -0.25) is 0 Å². The van der Waals surface area contributed by atoms with E-state index in [-0.39, 0.29) is 0 Å². The van der Waals surface area contributed by atoms with Gasteiger partial charge in [-0.05, 0) is 17.7 Å². The fourth-order valence-electron chi connectivity index (χ4n) is 0.687. The molecule has 3 heteroatoms. The highest BCUT2D eigenvalue weighted by Crippen LogP contribution is 2.20. The monoisotopic (exact) mass is 219 g/mol. The van der Waals surface area contributed by atoms with E-state index in [0.29, 0.717) is 6.54 Å². The van der Waals surface area contributed by atoms with Crippen LogP contribution in [0.3, 0.4) is 0 Å². The number of benzene rings is 1. The molecule has 0 amide bonds. The summed E-state index contributed by atoms with van der Waals surface area (Å²) in [5.41, 5.74) is 6.50. The highest BCUT2D eigenvalue weighted by atomic mass is 79.9. The van der Waals surface area contributed by atoms with E-state index in [9.17, 15) is 0 Å². The molecule has 0 heterocycles. The predicted molar refractivity (Wildman–Crippen MR) is 47.0 cm³/mol. The first-order chi connectivity index (χ1) is 4.74. The van der Waals surface area contributed by atoms with E-state index in [0.717, 1.165) is 15.1 Å². The fourth-order valence-corrected chi connectivity index (χ4v) is 1.53. The van der Waals surface area contributed by atoms with Gasteiger partial charge in [0.2, 0.25) is 0 Å². The molecule has 0 fully saturated rings. The van der Waals surface area contributed by atoms with Crippen molar-refractivity contribution in [3.63, 3.8) is 0 Å². The third kappa shape index (κ3) is 1.72. The molecule has 1 aromatic carbocycles. The highest BCUT2D eigenvalue weighted by Gasteiger charge is 1.96. The summed E-state index contributed by atoms with van der Waals surface area (Å²) in [7, 11) is 0. The van der Waals surface area contributed by atoms with Crippen molar-refractivity contribution in [1.29, 1.82) is 0 Å². The number of hydrogen-bond acceptors (Lipinski definition) is 1. The Kier molecular flexibility index (Phi) is 2.72. The lowest BCUT2D eigenvalue weighted by Gasteiger charge is -1.99. The molecular weight excluding hydrogens is 213 g/mol. The van der Waals surface area contributed by atoms with Gasteiger partial charge in [0.1, 0.15) is 0 Å². The number of hydrogen-bond donors (Lipinski definition) is 1. The molecule has 0 aliphatic heterocycles. The fraction of sp³-hybridized carbons (Fsp3) is 0.143. The predicted octanol–water partition coefficient (Wildman–Crippen LogP) is 2.56. The Morgan fingerprint density at radius 3 is 2.70 bits per heavy atom. The Balaban J connectivity index is 3.07. The van der Waals surface area contributed by atoms with Crippen molar-refractivity contribution >= 4 is 27.5 Å². The summed E-state index contributed by atoms with van der Waals surface area (Å²) in [6.07, 6.45) is 0. The Labute approximate surface area is 73.3 Å². The van der Waals surface area contributed by atoms with Gasteiger partial charge in [-0.1, -0.05) is 33.6 Å². The van der Waals surface area contributed by atoms with Crippen molar-refractivity contribution in [2.75, 3.05) is 0 Å². The second-order valence-electron chi connectivity index (χ2n) is 1.94. The number of rotatable bonds is 1. The Bertz CT molecular complexity index is 237. The minimum atomic E-state index is 0.539. The zero-order valence-corrected chi connectivity index (χ0v) is 7.61. The lowest BCUT2D eigenvalue weighted by molar-refractivity contribution is 1.06. The third-order valence-corrected chi connectivity index (χ3v) is 2.21. The molecule has 0 spiro atoms. The van der Waals surface area contributed by atoms with Gasteiger partial charge in [-0.15, -0.1) is 0 Å². The molecule has 0 saturated heterocycles. The first-order valence-electron chi connectivity index (χ1n) is 2.88. The number of nitrogens with two attached hydrogens (primary N) is 1. The minimum Gasteiger partial charge on any atom is -0.326 e. The normalized spacial score (nSPS) is 9.90. The first kappa shape index (κ1) is 8.05. The van der Waals surface area contributed by atoms with Crippen molar-refractivity contribution in [1.82, 2.24) is 0 Å². The van der Waals surface area contributed by atoms with E-state index < -0.39 is 0 Å². The van der Waals surface area contributed by atoms with Crippen molar-refractivity contribution in [2.45, 2.75) is 6.54 Å². The van der Waals surface area contributed by atoms with Gasteiger partial charge in [0.15, 0.2) is 0 Å². The molecule has 10 heavy (non-hydrogen) atoms. The van der Waals surface area contributed by atoms with Crippen LogP contribution in [0.5, 0.6) is 0 Å². The maximum absolute atomic E-state index is 5.70. The first-order valence-corrected chi connectivity index (χ1v) is 4.05. The Morgan fingerprint density at radius 1 is 1.50 bits per heavy atom. The maximum atomic E-state index is 5.70. The van der Waals surface area contributed by atoms with Crippen molar-refractivity contribution in [2.24, 2.45) is 5.73 Å². The average molecular weight is 220 g/mol. The van der Waals surface area contributed by atoms with Crippen LogP contribution in [0.25, 0.3) is 0 Å². The van der Waals surface area contributed by atoms with Gasteiger partial charge < -0.3 is 5.73 Å². The quantitative estimate of drug-likeness (QED) is 0.773. The summed E-state index contributed by atoms with van der Waals surface area (Å²) in [6.45, 7) is 0.539. The lowest BCUT2D eigenvalue weighted by atomic mass is 10.2.